The summed E-state index contributed by atoms with van der Waals surface area (Å²) < 4.78 is 0. The first kappa shape index (κ1) is 3.67. The summed E-state index contributed by atoms with van der Waals surface area (Å²) in [5.41, 5.74) is 0. The van der Waals surface area contributed by atoms with E-state index in [2.05, 4.69) is 6.07 Å². The standard InChI is InChI=1S/C5H6N/c6-4-5-2-1-3-5/h2,5H,1,3H2/t5-/m1/s1. The smallest absolute Gasteiger partial charge is 0.0658 e. The quantitative estimate of drug-likeness (QED) is 0.427. The molecule has 1 aliphatic carbocycles. The highest BCUT2D eigenvalue weighted by molar-refractivity contribution is 5.00. The normalized spacial score (nSPS) is 21.8. The zero-order chi connectivity index (χ0) is 4.41. The molecule has 0 unspecified atom stereocenters. The lowest BCUT2D eigenvalue weighted by Gasteiger charge is -2.15. The Bertz CT molecular complexity index is 76.4. The predicted octanol–water partition coefficient (Wildman–Crippen LogP) is 1.12. The summed E-state index contributed by atoms with van der Waals surface area (Å²) in [5.74, 6) is 0.296. The van der Waals surface area contributed by atoms with Crippen LogP contribution in [0, 0.1) is 23.7 Å². The van der Waals surface area contributed by atoms with E-state index in [0.29, 0.717) is 5.92 Å². The fourth-order valence-corrected chi connectivity index (χ4v) is 0.451. The average molecular weight is 80.1 g/mol. The number of hydrogen-bond acceptors (Lipinski definition) is 1. The number of rotatable bonds is 0. The lowest BCUT2D eigenvalue weighted by Crippen LogP contribution is -2.07. The van der Waals surface area contributed by atoms with Gasteiger partial charge in [-0.25, -0.2) is 0 Å². The monoisotopic (exact) mass is 80.1 g/mol. The second-order valence-corrected chi connectivity index (χ2v) is 1.55. The first-order valence-corrected chi connectivity index (χ1v) is 2.16. The SMILES string of the molecule is N#C[C@@H]1[CH]CC1. The van der Waals surface area contributed by atoms with Gasteiger partial charge in [-0.2, -0.15) is 5.26 Å². The molecule has 0 bridgehead atoms. The van der Waals surface area contributed by atoms with Crippen LogP contribution in [0.25, 0.3) is 0 Å². The summed E-state index contributed by atoms with van der Waals surface area (Å²) in [6.45, 7) is 0. The van der Waals surface area contributed by atoms with Crippen LogP contribution in [0.2, 0.25) is 0 Å². The maximum Gasteiger partial charge on any atom is 0.0658 e. The largest absolute Gasteiger partial charge is 0.198 e. The molecule has 0 heterocycles. The average Bonchev–Trinajstić information content (AvgIpc) is 1.31. The molecule has 1 atom stereocenters. The fourth-order valence-electron chi connectivity index (χ4n) is 0.451. The summed E-state index contributed by atoms with van der Waals surface area (Å²) in [6, 6.07) is 2.15. The van der Waals surface area contributed by atoms with E-state index in [9.17, 15) is 0 Å². The highest BCUT2D eigenvalue weighted by Crippen LogP contribution is 2.23. The van der Waals surface area contributed by atoms with Crippen LogP contribution in [0.15, 0.2) is 0 Å². The van der Waals surface area contributed by atoms with E-state index in [1.807, 2.05) is 6.42 Å². The third-order valence-corrected chi connectivity index (χ3v) is 1.09. The van der Waals surface area contributed by atoms with Crippen molar-refractivity contribution >= 4 is 0 Å². The molecular formula is C5H6N. The molecule has 1 fully saturated rings. The van der Waals surface area contributed by atoms with E-state index in [-0.39, 0.29) is 0 Å². The summed E-state index contributed by atoms with van der Waals surface area (Å²) in [7, 11) is 0. The lowest BCUT2D eigenvalue weighted by molar-refractivity contribution is 0.533. The third kappa shape index (κ3) is 0.386. The van der Waals surface area contributed by atoms with Crippen molar-refractivity contribution in [2.45, 2.75) is 12.8 Å². The summed E-state index contributed by atoms with van der Waals surface area (Å²) in [6.07, 6.45) is 4.29. The van der Waals surface area contributed by atoms with Gasteiger partial charge in [-0.3, -0.25) is 0 Å². The molecule has 1 nitrogen and oxygen atoms in total. The van der Waals surface area contributed by atoms with Crippen molar-refractivity contribution in [3.05, 3.63) is 6.42 Å². The highest BCUT2D eigenvalue weighted by atomic mass is 14.3. The molecule has 0 amide bonds. The van der Waals surface area contributed by atoms with Crippen LogP contribution < -0.4 is 0 Å². The molecule has 1 heteroatoms. The van der Waals surface area contributed by atoms with Gasteiger partial charge >= 0.3 is 0 Å². The van der Waals surface area contributed by atoms with E-state index >= 15 is 0 Å². The molecule has 0 aliphatic heterocycles. The van der Waals surface area contributed by atoms with Gasteiger partial charge < -0.3 is 0 Å². The van der Waals surface area contributed by atoms with Crippen molar-refractivity contribution in [2.75, 3.05) is 0 Å². The van der Waals surface area contributed by atoms with Crippen LogP contribution in [0.4, 0.5) is 0 Å². The van der Waals surface area contributed by atoms with Gasteiger partial charge in [0.25, 0.3) is 0 Å². The maximum absolute atomic E-state index is 8.10. The van der Waals surface area contributed by atoms with Crippen molar-refractivity contribution in [1.82, 2.24) is 0 Å². The molecule has 1 aliphatic rings. The zero-order valence-electron chi connectivity index (χ0n) is 3.52. The van der Waals surface area contributed by atoms with Gasteiger partial charge in [-0.15, -0.1) is 0 Å². The fraction of sp³-hybridized carbons (Fsp3) is 0.600. The van der Waals surface area contributed by atoms with Gasteiger partial charge in [0, 0.05) is 5.92 Å². The molecule has 0 saturated heterocycles. The van der Waals surface area contributed by atoms with Gasteiger partial charge in [0.05, 0.1) is 6.07 Å². The molecule has 1 radical (unpaired) electrons. The van der Waals surface area contributed by atoms with Crippen LogP contribution in [0.3, 0.4) is 0 Å². The Balaban J connectivity index is 2.22. The van der Waals surface area contributed by atoms with Gasteiger partial charge in [0.1, 0.15) is 0 Å². The maximum atomic E-state index is 8.10. The lowest BCUT2D eigenvalue weighted by atomic mass is 9.87. The molecule has 0 spiro atoms. The molecule has 31 valence electrons. The first-order chi connectivity index (χ1) is 2.93. The van der Waals surface area contributed by atoms with E-state index in [0.717, 1.165) is 12.8 Å². The van der Waals surface area contributed by atoms with Gasteiger partial charge in [0.2, 0.25) is 0 Å². The van der Waals surface area contributed by atoms with Gasteiger partial charge in [-0.05, 0) is 19.3 Å². The Hall–Kier alpha value is -0.510. The first-order valence-electron chi connectivity index (χ1n) is 2.16. The molecule has 0 N–H and O–H groups in total. The van der Waals surface area contributed by atoms with E-state index in [1.165, 1.54) is 0 Å². The van der Waals surface area contributed by atoms with Crippen LogP contribution in [0.1, 0.15) is 12.8 Å². The molecule has 0 aromatic carbocycles. The Kier molecular flexibility index (Phi) is 0.795. The van der Waals surface area contributed by atoms with Crippen LogP contribution in [0.5, 0.6) is 0 Å². The summed E-state index contributed by atoms with van der Waals surface area (Å²) in [5, 5.41) is 8.10. The molecular weight excluding hydrogens is 74.1 g/mol. The molecule has 6 heavy (non-hydrogen) atoms. The molecule has 1 saturated carbocycles. The minimum atomic E-state index is 0.296. The topological polar surface area (TPSA) is 23.8 Å². The number of nitriles is 1. The van der Waals surface area contributed by atoms with Crippen LogP contribution in [-0.4, -0.2) is 0 Å². The minimum absolute atomic E-state index is 0.296. The highest BCUT2D eigenvalue weighted by Gasteiger charge is 2.15. The van der Waals surface area contributed by atoms with Crippen molar-refractivity contribution < 1.29 is 0 Å². The van der Waals surface area contributed by atoms with Crippen LogP contribution >= 0.6 is 0 Å². The number of nitrogens with zero attached hydrogens (tertiary/aromatic N) is 1. The molecule has 0 aromatic rings. The van der Waals surface area contributed by atoms with Crippen molar-refractivity contribution in [1.29, 1.82) is 5.26 Å². The minimum Gasteiger partial charge on any atom is -0.198 e. The summed E-state index contributed by atoms with van der Waals surface area (Å²) >= 11 is 0. The second-order valence-electron chi connectivity index (χ2n) is 1.55. The van der Waals surface area contributed by atoms with Crippen molar-refractivity contribution in [3.63, 3.8) is 0 Å². The Morgan fingerprint density at radius 1 is 1.83 bits per heavy atom. The number of hydrogen-bond donors (Lipinski definition) is 0. The van der Waals surface area contributed by atoms with Crippen LogP contribution in [-0.2, 0) is 0 Å². The second kappa shape index (κ2) is 1.30. The van der Waals surface area contributed by atoms with E-state index in [4.69, 9.17) is 5.26 Å². The third-order valence-electron chi connectivity index (χ3n) is 1.09. The van der Waals surface area contributed by atoms with Crippen molar-refractivity contribution in [3.8, 4) is 6.07 Å². The zero-order valence-corrected chi connectivity index (χ0v) is 3.52. The molecule has 1 rings (SSSR count). The van der Waals surface area contributed by atoms with E-state index < -0.39 is 0 Å². The Morgan fingerprint density at radius 2 is 2.50 bits per heavy atom. The van der Waals surface area contributed by atoms with Gasteiger partial charge in [-0.1, -0.05) is 0 Å². The molecule has 0 aromatic heterocycles. The predicted molar refractivity (Wildman–Crippen MR) is 22.6 cm³/mol. The Morgan fingerprint density at radius 3 is 2.50 bits per heavy atom. The Labute approximate surface area is 37.6 Å². The van der Waals surface area contributed by atoms with Crippen molar-refractivity contribution in [2.24, 2.45) is 5.92 Å². The van der Waals surface area contributed by atoms with E-state index in [1.54, 1.807) is 0 Å². The van der Waals surface area contributed by atoms with Gasteiger partial charge in [0.15, 0.2) is 0 Å². The summed E-state index contributed by atoms with van der Waals surface area (Å²) in [4.78, 5) is 0.